The van der Waals surface area contributed by atoms with Crippen LogP contribution in [-0.4, -0.2) is 27.5 Å². The molecule has 0 bridgehead atoms. The average molecular weight is 253 g/mol. The van der Waals surface area contributed by atoms with Crippen LogP contribution < -0.4 is 0 Å². The summed E-state index contributed by atoms with van der Waals surface area (Å²) >= 11 is 5.84. The fraction of sp³-hybridized carbons (Fsp3) is 0.818. The third-order valence-electron chi connectivity index (χ3n) is 1.87. The number of alkyl halides is 1. The molecule has 96 valence electrons. The second-order valence-electron chi connectivity index (χ2n) is 3.44. The van der Waals surface area contributed by atoms with Crippen molar-refractivity contribution < 1.29 is 19.8 Å². The SMILES string of the molecule is CCCCC(Cl)CC.O=C(O)CCC(=O)O. The van der Waals surface area contributed by atoms with Crippen molar-refractivity contribution in [3.05, 3.63) is 0 Å². The van der Waals surface area contributed by atoms with Crippen LogP contribution in [0, 0.1) is 0 Å². The van der Waals surface area contributed by atoms with E-state index in [2.05, 4.69) is 13.8 Å². The van der Waals surface area contributed by atoms with E-state index in [0.29, 0.717) is 5.38 Å². The minimum Gasteiger partial charge on any atom is -0.481 e. The molecule has 16 heavy (non-hydrogen) atoms. The molecule has 0 heterocycles. The van der Waals surface area contributed by atoms with Crippen LogP contribution in [0.5, 0.6) is 0 Å². The molecule has 5 heteroatoms. The Morgan fingerprint density at radius 2 is 1.56 bits per heavy atom. The molecule has 0 aliphatic heterocycles. The van der Waals surface area contributed by atoms with Crippen molar-refractivity contribution in [2.75, 3.05) is 0 Å². The van der Waals surface area contributed by atoms with Crippen molar-refractivity contribution in [2.24, 2.45) is 0 Å². The number of carboxylic acid groups (broad SMARTS) is 2. The predicted molar refractivity (Wildman–Crippen MR) is 64.0 cm³/mol. The van der Waals surface area contributed by atoms with Crippen LogP contribution in [0.15, 0.2) is 0 Å². The number of rotatable bonds is 7. The van der Waals surface area contributed by atoms with Gasteiger partial charge < -0.3 is 10.2 Å². The lowest BCUT2D eigenvalue weighted by atomic mass is 10.2. The largest absolute Gasteiger partial charge is 0.481 e. The Morgan fingerprint density at radius 1 is 1.12 bits per heavy atom. The van der Waals surface area contributed by atoms with E-state index in [0.717, 1.165) is 6.42 Å². The van der Waals surface area contributed by atoms with Gasteiger partial charge in [-0.25, -0.2) is 0 Å². The molecule has 0 aromatic rings. The molecule has 0 aromatic heterocycles. The first-order valence-corrected chi connectivity index (χ1v) is 5.95. The third kappa shape index (κ3) is 18.9. The summed E-state index contributed by atoms with van der Waals surface area (Å²) in [6.45, 7) is 4.33. The van der Waals surface area contributed by atoms with Crippen LogP contribution in [0.3, 0.4) is 0 Å². The van der Waals surface area contributed by atoms with E-state index < -0.39 is 11.9 Å². The number of carboxylic acids is 2. The normalized spacial score (nSPS) is 11.2. The van der Waals surface area contributed by atoms with Crippen molar-refractivity contribution >= 4 is 23.5 Å². The Labute approximate surface area is 102 Å². The number of carbonyl (C=O) groups is 2. The number of aliphatic carboxylic acids is 2. The minimum atomic E-state index is -1.08. The zero-order valence-electron chi connectivity index (χ0n) is 9.91. The highest BCUT2D eigenvalue weighted by Crippen LogP contribution is 2.09. The van der Waals surface area contributed by atoms with Gasteiger partial charge in [-0.15, -0.1) is 11.6 Å². The van der Waals surface area contributed by atoms with Crippen LogP contribution >= 0.6 is 11.6 Å². The van der Waals surface area contributed by atoms with Crippen LogP contribution in [0.4, 0.5) is 0 Å². The van der Waals surface area contributed by atoms with E-state index in [-0.39, 0.29) is 12.8 Å². The predicted octanol–water partition coefficient (Wildman–Crippen LogP) is 3.13. The number of halogens is 1. The van der Waals surface area contributed by atoms with Crippen molar-refractivity contribution in [1.29, 1.82) is 0 Å². The molecule has 0 aliphatic rings. The molecule has 0 saturated carbocycles. The molecule has 0 aromatic carbocycles. The van der Waals surface area contributed by atoms with Crippen molar-refractivity contribution in [2.45, 2.75) is 57.7 Å². The van der Waals surface area contributed by atoms with Crippen LogP contribution in [0.25, 0.3) is 0 Å². The molecule has 1 atom stereocenters. The van der Waals surface area contributed by atoms with Gasteiger partial charge in [0.15, 0.2) is 0 Å². The van der Waals surface area contributed by atoms with E-state index in [9.17, 15) is 9.59 Å². The molecular weight excluding hydrogens is 232 g/mol. The maximum atomic E-state index is 9.64. The highest BCUT2D eigenvalue weighted by atomic mass is 35.5. The van der Waals surface area contributed by atoms with Gasteiger partial charge in [0.25, 0.3) is 0 Å². The molecule has 0 radical (unpaired) electrons. The zero-order valence-corrected chi connectivity index (χ0v) is 10.7. The first-order chi connectivity index (χ1) is 7.43. The molecule has 2 N–H and O–H groups in total. The maximum absolute atomic E-state index is 9.64. The molecule has 0 rings (SSSR count). The summed E-state index contributed by atoms with van der Waals surface area (Å²) in [6.07, 6.45) is 4.26. The first kappa shape index (κ1) is 17.6. The van der Waals surface area contributed by atoms with E-state index in [1.165, 1.54) is 19.3 Å². The Hall–Kier alpha value is -0.770. The van der Waals surface area contributed by atoms with Gasteiger partial charge >= 0.3 is 11.9 Å². The minimum absolute atomic E-state index is 0.296. The first-order valence-electron chi connectivity index (χ1n) is 5.51. The fourth-order valence-electron chi connectivity index (χ4n) is 0.844. The molecule has 0 fully saturated rings. The van der Waals surface area contributed by atoms with Gasteiger partial charge in [-0.05, 0) is 12.8 Å². The van der Waals surface area contributed by atoms with Gasteiger partial charge in [-0.2, -0.15) is 0 Å². The second-order valence-corrected chi connectivity index (χ2v) is 4.05. The van der Waals surface area contributed by atoms with Crippen LogP contribution in [-0.2, 0) is 9.59 Å². The fourth-order valence-corrected chi connectivity index (χ4v) is 0.998. The highest BCUT2D eigenvalue weighted by Gasteiger charge is 2.00. The van der Waals surface area contributed by atoms with Crippen molar-refractivity contribution in [1.82, 2.24) is 0 Å². The van der Waals surface area contributed by atoms with Crippen molar-refractivity contribution in [3.63, 3.8) is 0 Å². The summed E-state index contributed by atoms with van der Waals surface area (Å²) in [5, 5.41) is 16.2. The van der Waals surface area contributed by atoms with E-state index in [1.807, 2.05) is 0 Å². The number of unbranched alkanes of at least 4 members (excludes halogenated alkanes) is 1. The van der Waals surface area contributed by atoms with Crippen molar-refractivity contribution in [3.8, 4) is 0 Å². The zero-order chi connectivity index (χ0) is 13.0. The summed E-state index contributed by atoms with van der Waals surface area (Å²) in [4.78, 5) is 19.3. The molecule has 0 aliphatic carbocycles. The smallest absolute Gasteiger partial charge is 0.303 e. The summed E-state index contributed by atoms with van der Waals surface area (Å²) < 4.78 is 0. The molecular formula is C11H21ClO4. The van der Waals surface area contributed by atoms with Gasteiger partial charge in [0.05, 0.1) is 12.8 Å². The topological polar surface area (TPSA) is 74.6 Å². The summed E-state index contributed by atoms with van der Waals surface area (Å²) in [5.74, 6) is -2.15. The second kappa shape index (κ2) is 12.3. The summed E-state index contributed by atoms with van der Waals surface area (Å²) in [5.41, 5.74) is 0. The lowest BCUT2D eigenvalue weighted by molar-refractivity contribution is -0.143. The number of hydrogen-bond acceptors (Lipinski definition) is 2. The Kier molecular flexibility index (Phi) is 13.5. The third-order valence-corrected chi connectivity index (χ3v) is 2.39. The van der Waals surface area contributed by atoms with Gasteiger partial charge in [0.1, 0.15) is 0 Å². The molecule has 4 nitrogen and oxygen atoms in total. The molecule has 1 unspecified atom stereocenters. The Balaban J connectivity index is 0. The van der Waals surface area contributed by atoms with Gasteiger partial charge in [0, 0.05) is 5.38 Å². The van der Waals surface area contributed by atoms with Gasteiger partial charge in [0.2, 0.25) is 0 Å². The lowest BCUT2D eigenvalue weighted by Crippen LogP contribution is -2.00. The lowest BCUT2D eigenvalue weighted by Gasteiger charge is -2.01. The van der Waals surface area contributed by atoms with E-state index in [1.54, 1.807) is 0 Å². The Morgan fingerprint density at radius 3 is 1.81 bits per heavy atom. The van der Waals surface area contributed by atoms with E-state index in [4.69, 9.17) is 21.8 Å². The molecule has 0 spiro atoms. The quantitative estimate of drug-likeness (QED) is 0.683. The Bertz CT molecular complexity index is 180. The van der Waals surface area contributed by atoms with Gasteiger partial charge in [-0.3, -0.25) is 9.59 Å². The summed E-state index contributed by atoms with van der Waals surface area (Å²) in [7, 11) is 0. The average Bonchev–Trinajstić information content (AvgIpc) is 2.23. The van der Waals surface area contributed by atoms with Crippen LogP contribution in [0.2, 0.25) is 0 Å². The van der Waals surface area contributed by atoms with Crippen LogP contribution in [0.1, 0.15) is 52.4 Å². The van der Waals surface area contributed by atoms with Gasteiger partial charge in [-0.1, -0.05) is 26.7 Å². The maximum Gasteiger partial charge on any atom is 0.303 e. The highest BCUT2D eigenvalue weighted by molar-refractivity contribution is 6.20. The van der Waals surface area contributed by atoms with E-state index >= 15 is 0 Å². The standard InChI is InChI=1S/C7H15Cl.C4H6O4/c1-3-5-6-7(8)4-2;5-3(6)1-2-4(7)8/h7H,3-6H2,1-2H3;1-2H2,(H,5,6)(H,7,8). The summed E-state index contributed by atoms with van der Waals surface area (Å²) in [6, 6.07) is 0. The molecule has 0 saturated heterocycles. The molecule has 0 amide bonds. The number of hydrogen-bond donors (Lipinski definition) is 2. The monoisotopic (exact) mass is 252 g/mol.